The topological polar surface area (TPSA) is 130 Å². The largest absolute Gasteiger partial charge is 0.491 e. The summed E-state index contributed by atoms with van der Waals surface area (Å²) < 4.78 is 34.1. The van der Waals surface area contributed by atoms with Crippen molar-refractivity contribution in [1.29, 1.82) is 0 Å². The van der Waals surface area contributed by atoms with Crippen LogP contribution < -0.4 is 14.2 Å². The average molecular weight is 671 g/mol. The molecule has 0 saturated heterocycles. The molecule has 0 aliphatic heterocycles. The Balaban J connectivity index is 1.53. The van der Waals surface area contributed by atoms with Crippen LogP contribution >= 0.6 is 0 Å². The standard InChI is InChI=1S/C38H54O10/c1-5-6-7-8-29-9-13-32(14-10-29)43-17-18-44-33-15-11-30(12-16-33)31-23-34(45-19-21-47-36(41)28(2)26-39)25-35(24-31)46-20-22-48-37(42)38(3,4)27-40/h11-12,15-16,23-25,29,32,39-40H,2,5-10,13-14,17-22,26-27H2,1,3-4H3. The van der Waals surface area contributed by atoms with Gasteiger partial charge in [0.25, 0.3) is 0 Å². The molecular formula is C38H54O10. The molecule has 0 heterocycles. The van der Waals surface area contributed by atoms with Crippen LogP contribution in [0.25, 0.3) is 11.1 Å². The third-order valence-electron chi connectivity index (χ3n) is 8.38. The molecule has 3 rings (SSSR count). The molecule has 48 heavy (non-hydrogen) atoms. The van der Waals surface area contributed by atoms with E-state index in [0.717, 1.165) is 35.6 Å². The first-order valence-electron chi connectivity index (χ1n) is 17.1. The number of carbonyl (C=O) groups is 2. The molecule has 2 N–H and O–H groups in total. The number of carbonyl (C=O) groups excluding carboxylic acids is 2. The molecule has 0 atom stereocenters. The Morgan fingerprint density at radius 3 is 1.98 bits per heavy atom. The molecule has 1 saturated carbocycles. The Morgan fingerprint density at radius 2 is 1.38 bits per heavy atom. The zero-order valence-corrected chi connectivity index (χ0v) is 28.9. The smallest absolute Gasteiger partial charge is 0.335 e. The molecule has 1 aliphatic rings. The van der Waals surface area contributed by atoms with E-state index in [-0.39, 0.29) is 38.6 Å². The van der Waals surface area contributed by atoms with E-state index in [1.54, 1.807) is 19.9 Å². The van der Waals surface area contributed by atoms with Crippen LogP contribution in [0.2, 0.25) is 0 Å². The van der Waals surface area contributed by atoms with Crippen molar-refractivity contribution < 1.29 is 48.2 Å². The maximum absolute atomic E-state index is 12.2. The number of ether oxygens (including phenoxy) is 6. The molecule has 10 nitrogen and oxygen atoms in total. The van der Waals surface area contributed by atoms with Crippen LogP contribution in [0.3, 0.4) is 0 Å². The van der Waals surface area contributed by atoms with Crippen molar-refractivity contribution in [3.05, 3.63) is 54.6 Å². The first kappa shape index (κ1) is 38.8. The predicted octanol–water partition coefficient (Wildman–Crippen LogP) is 6.30. The van der Waals surface area contributed by atoms with Gasteiger partial charge in [-0.3, -0.25) is 4.79 Å². The van der Waals surface area contributed by atoms with E-state index in [1.807, 2.05) is 36.4 Å². The summed E-state index contributed by atoms with van der Waals surface area (Å²) in [4.78, 5) is 23.9. The van der Waals surface area contributed by atoms with Crippen LogP contribution in [0.1, 0.15) is 72.1 Å². The third-order valence-corrected chi connectivity index (χ3v) is 8.38. The number of rotatable bonds is 22. The highest BCUT2D eigenvalue weighted by molar-refractivity contribution is 5.87. The van der Waals surface area contributed by atoms with Crippen molar-refractivity contribution in [2.75, 3.05) is 52.9 Å². The quantitative estimate of drug-likeness (QED) is 0.0837. The summed E-state index contributed by atoms with van der Waals surface area (Å²) in [5.74, 6) is 1.36. The molecule has 0 unspecified atom stereocenters. The zero-order chi connectivity index (χ0) is 34.8. The van der Waals surface area contributed by atoms with Gasteiger partial charge in [0.2, 0.25) is 0 Å². The second-order valence-electron chi connectivity index (χ2n) is 12.8. The first-order valence-corrected chi connectivity index (χ1v) is 17.1. The molecule has 2 aromatic rings. The van der Waals surface area contributed by atoms with Crippen molar-refractivity contribution in [2.45, 2.75) is 78.2 Å². The number of hydrogen-bond acceptors (Lipinski definition) is 10. The number of unbranched alkanes of at least 4 members (excludes halogenated alkanes) is 2. The second kappa shape index (κ2) is 20.7. The molecule has 0 bridgehead atoms. The fourth-order valence-corrected chi connectivity index (χ4v) is 5.31. The van der Waals surface area contributed by atoms with E-state index in [9.17, 15) is 14.7 Å². The van der Waals surface area contributed by atoms with E-state index in [1.165, 1.54) is 38.5 Å². The van der Waals surface area contributed by atoms with Gasteiger partial charge in [0.15, 0.2) is 0 Å². The van der Waals surface area contributed by atoms with Crippen LogP contribution in [0.15, 0.2) is 54.6 Å². The van der Waals surface area contributed by atoms with Gasteiger partial charge < -0.3 is 38.6 Å². The zero-order valence-electron chi connectivity index (χ0n) is 28.9. The van der Waals surface area contributed by atoms with E-state index < -0.39 is 24.0 Å². The minimum atomic E-state index is -0.996. The maximum Gasteiger partial charge on any atom is 0.335 e. The molecule has 1 aliphatic carbocycles. The molecule has 0 amide bonds. The summed E-state index contributed by atoms with van der Waals surface area (Å²) in [6, 6.07) is 13.1. The summed E-state index contributed by atoms with van der Waals surface area (Å²) in [5.41, 5.74) is 0.674. The van der Waals surface area contributed by atoms with Gasteiger partial charge in [-0.25, -0.2) is 4.79 Å². The summed E-state index contributed by atoms with van der Waals surface area (Å²) in [6.07, 6.45) is 10.4. The van der Waals surface area contributed by atoms with Crippen LogP contribution in [0, 0.1) is 11.3 Å². The van der Waals surface area contributed by atoms with E-state index in [0.29, 0.717) is 30.8 Å². The lowest BCUT2D eigenvalue weighted by Crippen LogP contribution is -2.31. The van der Waals surface area contributed by atoms with E-state index >= 15 is 0 Å². The third kappa shape index (κ3) is 13.5. The van der Waals surface area contributed by atoms with Gasteiger partial charge in [-0.05, 0) is 80.8 Å². The normalized spacial score (nSPS) is 16.2. The molecule has 266 valence electrons. The lowest BCUT2D eigenvalue weighted by Gasteiger charge is -2.28. The Hall–Kier alpha value is -3.60. The van der Waals surface area contributed by atoms with Crippen LogP contribution in [0.4, 0.5) is 0 Å². The maximum atomic E-state index is 12.2. The molecule has 10 heteroatoms. The van der Waals surface area contributed by atoms with Crippen LogP contribution in [0.5, 0.6) is 17.2 Å². The Labute approximate surface area is 285 Å². The monoisotopic (exact) mass is 670 g/mol. The summed E-state index contributed by atoms with van der Waals surface area (Å²) in [7, 11) is 0. The molecule has 0 spiro atoms. The lowest BCUT2D eigenvalue weighted by atomic mass is 9.84. The van der Waals surface area contributed by atoms with Crippen molar-refractivity contribution in [1.82, 2.24) is 0 Å². The van der Waals surface area contributed by atoms with Gasteiger partial charge in [0, 0.05) is 6.07 Å². The fourth-order valence-electron chi connectivity index (χ4n) is 5.31. The Bertz CT molecular complexity index is 1260. The number of aliphatic hydroxyl groups excluding tert-OH is 2. The average Bonchev–Trinajstić information content (AvgIpc) is 3.10. The minimum Gasteiger partial charge on any atom is -0.491 e. The lowest BCUT2D eigenvalue weighted by molar-refractivity contribution is -0.156. The van der Waals surface area contributed by atoms with Crippen molar-refractivity contribution in [3.8, 4) is 28.4 Å². The minimum absolute atomic E-state index is 0.00341. The summed E-state index contributed by atoms with van der Waals surface area (Å²) >= 11 is 0. The van der Waals surface area contributed by atoms with Gasteiger partial charge in [0.05, 0.1) is 36.9 Å². The van der Waals surface area contributed by atoms with E-state index in [4.69, 9.17) is 33.5 Å². The van der Waals surface area contributed by atoms with Crippen molar-refractivity contribution in [2.24, 2.45) is 11.3 Å². The van der Waals surface area contributed by atoms with Gasteiger partial charge >= 0.3 is 11.9 Å². The fraction of sp³-hybridized carbons (Fsp3) is 0.579. The van der Waals surface area contributed by atoms with Gasteiger partial charge in [0.1, 0.15) is 50.3 Å². The SMILES string of the molecule is C=C(CO)C(=O)OCCOc1cc(OCCOC(=O)C(C)(C)CO)cc(-c2ccc(OCCOC3CCC(CCCCC)CC3)cc2)c1. The summed E-state index contributed by atoms with van der Waals surface area (Å²) in [6.45, 7) is 9.27. The number of aliphatic hydroxyl groups is 2. The molecule has 0 aromatic heterocycles. The van der Waals surface area contributed by atoms with Crippen molar-refractivity contribution >= 4 is 11.9 Å². The van der Waals surface area contributed by atoms with Crippen LogP contribution in [-0.4, -0.2) is 81.1 Å². The Kier molecular flexibility index (Phi) is 16.7. The number of hydrogen-bond donors (Lipinski definition) is 2. The first-order chi connectivity index (χ1) is 23.1. The van der Waals surface area contributed by atoms with Gasteiger partial charge in [-0.2, -0.15) is 0 Å². The summed E-state index contributed by atoms with van der Waals surface area (Å²) in [5, 5.41) is 18.4. The van der Waals surface area contributed by atoms with Crippen LogP contribution in [-0.2, 0) is 23.8 Å². The molecule has 2 aromatic carbocycles. The highest BCUT2D eigenvalue weighted by Crippen LogP contribution is 2.32. The van der Waals surface area contributed by atoms with Gasteiger partial charge in [-0.1, -0.05) is 51.3 Å². The van der Waals surface area contributed by atoms with E-state index in [2.05, 4.69) is 13.5 Å². The second-order valence-corrected chi connectivity index (χ2v) is 12.8. The highest BCUT2D eigenvalue weighted by Gasteiger charge is 2.28. The molecule has 0 radical (unpaired) electrons. The molecule has 1 fully saturated rings. The highest BCUT2D eigenvalue weighted by atomic mass is 16.6. The predicted molar refractivity (Wildman–Crippen MR) is 183 cm³/mol. The van der Waals surface area contributed by atoms with Crippen molar-refractivity contribution in [3.63, 3.8) is 0 Å². The number of esters is 2. The molecular weight excluding hydrogens is 616 g/mol. The Morgan fingerprint density at radius 1 is 0.771 bits per heavy atom. The number of benzene rings is 2. The van der Waals surface area contributed by atoms with Gasteiger partial charge in [-0.15, -0.1) is 0 Å².